The van der Waals surface area contributed by atoms with E-state index in [1.807, 2.05) is 6.07 Å². The van der Waals surface area contributed by atoms with Crippen molar-refractivity contribution in [2.45, 2.75) is 32.1 Å². The van der Waals surface area contributed by atoms with Crippen molar-refractivity contribution in [3.8, 4) is 11.5 Å². The number of hydrogen-bond acceptors (Lipinski definition) is 7. The number of methoxy groups -OCH3 is 2. The minimum atomic E-state index is -0.0206. The van der Waals surface area contributed by atoms with Gasteiger partial charge < -0.3 is 24.6 Å². The summed E-state index contributed by atoms with van der Waals surface area (Å²) in [7, 11) is 3.18. The van der Waals surface area contributed by atoms with Gasteiger partial charge in [0.1, 0.15) is 18.0 Å². The molecule has 2 aliphatic rings. The Balaban J connectivity index is 1.34. The first-order valence-electron chi connectivity index (χ1n) is 11.0. The smallest absolute Gasteiger partial charge is 0.227 e. The molecule has 0 saturated carbocycles. The maximum Gasteiger partial charge on any atom is 0.227 e. The van der Waals surface area contributed by atoms with Crippen molar-refractivity contribution in [2.75, 3.05) is 55.5 Å². The van der Waals surface area contributed by atoms with Gasteiger partial charge in [-0.2, -0.15) is 0 Å². The summed E-state index contributed by atoms with van der Waals surface area (Å²) >= 11 is 0. The SMILES string of the molecule is COc1ccc(NC(=O)C2CCN(c3cc(N4CCCCC4)ncn3)CC2)cc1OC. The van der Waals surface area contributed by atoms with E-state index in [2.05, 4.69) is 31.2 Å². The molecule has 2 aromatic rings. The number of nitrogens with one attached hydrogen (secondary N) is 1. The van der Waals surface area contributed by atoms with Crippen molar-refractivity contribution >= 4 is 23.2 Å². The van der Waals surface area contributed by atoms with Crippen molar-refractivity contribution < 1.29 is 14.3 Å². The van der Waals surface area contributed by atoms with Gasteiger partial charge >= 0.3 is 0 Å². The first-order valence-corrected chi connectivity index (χ1v) is 11.0. The van der Waals surface area contributed by atoms with Gasteiger partial charge in [0.25, 0.3) is 0 Å². The van der Waals surface area contributed by atoms with Crippen molar-refractivity contribution in [3.05, 3.63) is 30.6 Å². The first kappa shape index (κ1) is 21.2. The van der Waals surface area contributed by atoms with Gasteiger partial charge in [-0.05, 0) is 44.2 Å². The van der Waals surface area contributed by atoms with Crippen LogP contribution in [0.15, 0.2) is 30.6 Å². The largest absolute Gasteiger partial charge is 0.493 e. The van der Waals surface area contributed by atoms with Crippen LogP contribution in [0.1, 0.15) is 32.1 Å². The van der Waals surface area contributed by atoms with E-state index in [4.69, 9.17) is 9.47 Å². The molecule has 0 bridgehead atoms. The second kappa shape index (κ2) is 9.85. The van der Waals surface area contributed by atoms with Crippen LogP contribution < -0.4 is 24.6 Å². The molecule has 1 aromatic heterocycles. The third-order valence-electron chi connectivity index (χ3n) is 6.16. The first-order chi connectivity index (χ1) is 15.2. The molecule has 0 aliphatic carbocycles. The molecule has 8 nitrogen and oxygen atoms in total. The molecule has 8 heteroatoms. The Morgan fingerprint density at radius 1 is 0.903 bits per heavy atom. The zero-order chi connectivity index (χ0) is 21.6. The summed E-state index contributed by atoms with van der Waals surface area (Å²) in [6, 6.07) is 7.51. The molecular weight excluding hydrogens is 394 g/mol. The molecule has 31 heavy (non-hydrogen) atoms. The number of anilines is 3. The van der Waals surface area contributed by atoms with Gasteiger partial charge in [-0.1, -0.05) is 0 Å². The Bertz CT molecular complexity index is 893. The number of ether oxygens (including phenoxy) is 2. The van der Waals surface area contributed by atoms with Gasteiger partial charge in [-0.25, -0.2) is 9.97 Å². The Morgan fingerprint density at radius 2 is 1.55 bits per heavy atom. The number of aromatic nitrogens is 2. The summed E-state index contributed by atoms with van der Waals surface area (Å²) in [6.45, 7) is 3.74. The fourth-order valence-corrected chi connectivity index (χ4v) is 4.34. The second-order valence-corrected chi connectivity index (χ2v) is 8.10. The van der Waals surface area contributed by atoms with E-state index >= 15 is 0 Å². The minimum absolute atomic E-state index is 0.0206. The van der Waals surface area contributed by atoms with Crippen LogP contribution in [-0.2, 0) is 4.79 Å². The molecule has 0 radical (unpaired) electrons. The molecular formula is C23H31N5O3. The van der Waals surface area contributed by atoms with E-state index < -0.39 is 0 Å². The Kier molecular flexibility index (Phi) is 6.74. The Labute approximate surface area is 183 Å². The number of piperidine rings is 2. The number of amides is 1. The van der Waals surface area contributed by atoms with Gasteiger partial charge in [-0.3, -0.25) is 4.79 Å². The molecule has 1 amide bonds. The van der Waals surface area contributed by atoms with E-state index in [-0.39, 0.29) is 11.8 Å². The van der Waals surface area contributed by atoms with Gasteiger partial charge in [0.2, 0.25) is 5.91 Å². The van der Waals surface area contributed by atoms with Crippen LogP contribution in [0.3, 0.4) is 0 Å². The maximum atomic E-state index is 12.8. The monoisotopic (exact) mass is 425 g/mol. The predicted molar refractivity (Wildman–Crippen MR) is 121 cm³/mol. The lowest BCUT2D eigenvalue weighted by Crippen LogP contribution is -2.39. The summed E-state index contributed by atoms with van der Waals surface area (Å²) in [5, 5.41) is 3.02. The zero-order valence-electron chi connectivity index (χ0n) is 18.3. The molecule has 3 heterocycles. The lowest BCUT2D eigenvalue weighted by Gasteiger charge is -2.33. The molecule has 0 atom stereocenters. The highest BCUT2D eigenvalue weighted by Crippen LogP contribution is 2.31. The molecule has 1 aromatic carbocycles. The fourth-order valence-electron chi connectivity index (χ4n) is 4.34. The average Bonchev–Trinajstić information content (AvgIpc) is 2.84. The van der Waals surface area contributed by atoms with E-state index in [1.54, 1.807) is 32.7 Å². The van der Waals surface area contributed by atoms with Gasteiger partial charge in [0, 0.05) is 49.9 Å². The lowest BCUT2D eigenvalue weighted by molar-refractivity contribution is -0.120. The molecule has 4 rings (SSSR count). The number of carbonyl (C=O) groups is 1. The number of carbonyl (C=O) groups excluding carboxylic acids is 1. The zero-order valence-corrected chi connectivity index (χ0v) is 18.3. The minimum Gasteiger partial charge on any atom is -0.493 e. The van der Waals surface area contributed by atoms with E-state index in [9.17, 15) is 4.79 Å². The van der Waals surface area contributed by atoms with Gasteiger partial charge in [-0.15, -0.1) is 0 Å². The van der Waals surface area contributed by atoms with Crippen molar-refractivity contribution in [1.29, 1.82) is 0 Å². The highest BCUT2D eigenvalue weighted by Gasteiger charge is 2.26. The summed E-state index contributed by atoms with van der Waals surface area (Å²) < 4.78 is 10.6. The molecule has 0 spiro atoms. The topological polar surface area (TPSA) is 79.8 Å². The van der Waals surface area contributed by atoms with Crippen LogP contribution in [0.2, 0.25) is 0 Å². The number of benzene rings is 1. The number of rotatable bonds is 6. The molecule has 2 saturated heterocycles. The predicted octanol–water partition coefficient (Wildman–Crippen LogP) is 3.34. The lowest BCUT2D eigenvalue weighted by atomic mass is 9.95. The standard InChI is InChI=1S/C23H31N5O3/c1-30-19-7-6-18(14-20(19)31-2)26-23(29)17-8-12-28(13-9-17)22-15-21(24-16-25-22)27-10-4-3-5-11-27/h6-7,14-17H,3-5,8-13H2,1-2H3,(H,26,29). The van der Waals surface area contributed by atoms with Crippen molar-refractivity contribution in [2.24, 2.45) is 5.92 Å². The normalized spacial score (nSPS) is 17.4. The second-order valence-electron chi connectivity index (χ2n) is 8.10. The maximum absolute atomic E-state index is 12.8. The summed E-state index contributed by atoms with van der Waals surface area (Å²) in [4.78, 5) is 26.4. The van der Waals surface area contributed by atoms with Crippen LogP contribution in [0.5, 0.6) is 11.5 Å². The number of nitrogens with zero attached hydrogens (tertiary/aromatic N) is 4. The quantitative estimate of drug-likeness (QED) is 0.760. The highest BCUT2D eigenvalue weighted by molar-refractivity contribution is 5.93. The van der Waals surface area contributed by atoms with Crippen LogP contribution in [-0.4, -0.2) is 56.3 Å². The Morgan fingerprint density at radius 3 is 2.19 bits per heavy atom. The summed E-state index contributed by atoms with van der Waals surface area (Å²) in [5.41, 5.74) is 0.715. The van der Waals surface area contributed by atoms with E-state index in [0.717, 1.165) is 50.7 Å². The van der Waals surface area contributed by atoms with Crippen LogP contribution in [0.4, 0.5) is 17.3 Å². The summed E-state index contributed by atoms with van der Waals surface area (Å²) in [5.74, 6) is 3.23. The van der Waals surface area contributed by atoms with E-state index in [0.29, 0.717) is 17.2 Å². The Hall–Kier alpha value is -3.03. The molecule has 2 aliphatic heterocycles. The third-order valence-corrected chi connectivity index (χ3v) is 6.16. The molecule has 2 fully saturated rings. The van der Waals surface area contributed by atoms with Gasteiger partial charge in [0.05, 0.1) is 14.2 Å². The van der Waals surface area contributed by atoms with Crippen LogP contribution in [0.25, 0.3) is 0 Å². The van der Waals surface area contributed by atoms with Gasteiger partial charge in [0.15, 0.2) is 11.5 Å². The summed E-state index contributed by atoms with van der Waals surface area (Å²) in [6.07, 6.45) is 6.99. The number of hydrogen-bond donors (Lipinski definition) is 1. The third kappa shape index (κ3) is 5.00. The average molecular weight is 426 g/mol. The molecule has 0 unspecified atom stereocenters. The van der Waals surface area contributed by atoms with Crippen molar-refractivity contribution in [1.82, 2.24) is 9.97 Å². The molecule has 166 valence electrons. The van der Waals surface area contributed by atoms with Crippen LogP contribution in [0, 0.1) is 5.92 Å². The van der Waals surface area contributed by atoms with Crippen LogP contribution >= 0.6 is 0 Å². The fraction of sp³-hybridized carbons (Fsp3) is 0.522. The molecule has 1 N–H and O–H groups in total. The van der Waals surface area contributed by atoms with Crippen molar-refractivity contribution in [3.63, 3.8) is 0 Å². The van der Waals surface area contributed by atoms with E-state index in [1.165, 1.54) is 19.3 Å². The highest BCUT2D eigenvalue weighted by atomic mass is 16.5.